The zero-order valence-electron chi connectivity index (χ0n) is 15.7. The molecule has 0 atom stereocenters. The van der Waals surface area contributed by atoms with E-state index in [2.05, 4.69) is 10.3 Å². The molecule has 1 saturated carbocycles. The van der Waals surface area contributed by atoms with Crippen LogP contribution in [0.25, 0.3) is 0 Å². The Hall–Kier alpha value is -1.63. The number of rotatable bonds is 6. The van der Waals surface area contributed by atoms with Crippen LogP contribution >= 0.6 is 34.5 Å². The van der Waals surface area contributed by atoms with Crippen molar-refractivity contribution in [3.63, 3.8) is 0 Å². The summed E-state index contributed by atoms with van der Waals surface area (Å²) in [6.45, 7) is 2.41. The van der Waals surface area contributed by atoms with Crippen molar-refractivity contribution in [3.05, 3.63) is 44.9 Å². The lowest BCUT2D eigenvalue weighted by molar-refractivity contribution is -0.117. The molecule has 0 aliphatic heterocycles. The maximum atomic E-state index is 13.1. The lowest BCUT2D eigenvalue weighted by atomic mass is 9.89. The molecule has 5 nitrogen and oxygen atoms in total. The second-order valence-corrected chi connectivity index (χ2v) is 8.83. The van der Waals surface area contributed by atoms with Crippen molar-refractivity contribution in [2.45, 2.75) is 39.0 Å². The predicted molar refractivity (Wildman–Crippen MR) is 114 cm³/mol. The second-order valence-electron chi connectivity index (χ2n) is 7.16. The predicted octanol–water partition coefficient (Wildman–Crippen LogP) is 5.42. The van der Waals surface area contributed by atoms with E-state index in [0.717, 1.165) is 18.5 Å². The fourth-order valence-electron chi connectivity index (χ4n) is 3.46. The standard InChI is InChI=1S/C20H23Cl2N3O2S/c1-13-12-28-20(23-13)24-18(26)11-25(10-14-5-3-2-4-6-14)19(27)15-7-8-16(21)17(22)9-15/h7-9,12,14H,2-6,10-11H2,1H3,(H,23,24,26). The van der Waals surface area contributed by atoms with Crippen LogP contribution in [0.1, 0.15) is 48.2 Å². The number of carbonyl (C=O) groups is 2. The average Bonchev–Trinajstić information content (AvgIpc) is 3.08. The number of thiazole rings is 1. The molecule has 0 spiro atoms. The van der Waals surface area contributed by atoms with E-state index in [9.17, 15) is 9.59 Å². The molecule has 1 aliphatic rings. The molecule has 2 amide bonds. The highest BCUT2D eigenvalue weighted by atomic mass is 35.5. The number of amides is 2. The third-order valence-electron chi connectivity index (χ3n) is 4.86. The molecule has 0 radical (unpaired) electrons. The summed E-state index contributed by atoms with van der Waals surface area (Å²) >= 11 is 13.4. The molecule has 8 heteroatoms. The van der Waals surface area contributed by atoms with Gasteiger partial charge >= 0.3 is 0 Å². The Morgan fingerprint density at radius 1 is 1.21 bits per heavy atom. The van der Waals surface area contributed by atoms with Crippen LogP contribution in [0.2, 0.25) is 10.0 Å². The van der Waals surface area contributed by atoms with Gasteiger partial charge in [0.2, 0.25) is 5.91 Å². The molecule has 0 bridgehead atoms. The highest BCUT2D eigenvalue weighted by molar-refractivity contribution is 7.13. The number of nitrogens with one attached hydrogen (secondary N) is 1. The van der Waals surface area contributed by atoms with Gasteiger partial charge in [-0.1, -0.05) is 42.5 Å². The van der Waals surface area contributed by atoms with Gasteiger partial charge < -0.3 is 10.2 Å². The Labute approximate surface area is 179 Å². The fourth-order valence-corrected chi connectivity index (χ4v) is 4.46. The van der Waals surface area contributed by atoms with Gasteiger partial charge in [0.25, 0.3) is 5.91 Å². The molecule has 1 fully saturated rings. The van der Waals surface area contributed by atoms with E-state index in [1.807, 2.05) is 12.3 Å². The zero-order chi connectivity index (χ0) is 20.1. The number of benzene rings is 1. The Morgan fingerprint density at radius 2 is 1.96 bits per heavy atom. The quantitative estimate of drug-likeness (QED) is 0.653. The van der Waals surface area contributed by atoms with Gasteiger partial charge in [0.1, 0.15) is 6.54 Å². The maximum absolute atomic E-state index is 13.1. The van der Waals surface area contributed by atoms with E-state index < -0.39 is 0 Å². The van der Waals surface area contributed by atoms with Crippen LogP contribution in [0.5, 0.6) is 0 Å². The minimum Gasteiger partial charge on any atom is -0.329 e. The van der Waals surface area contributed by atoms with Crippen LogP contribution in [0.3, 0.4) is 0 Å². The molecular formula is C20H23Cl2N3O2S. The Kier molecular flexibility index (Phi) is 7.32. The van der Waals surface area contributed by atoms with Crippen LogP contribution in [0.15, 0.2) is 23.6 Å². The number of anilines is 1. The normalized spacial score (nSPS) is 14.7. The maximum Gasteiger partial charge on any atom is 0.254 e. The first-order valence-corrected chi connectivity index (χ1v) is 11.0. The monoisotopic (exact) mass is 439 g/mol. The van der Waals surface area contributed by atoms with E-state index in [4.69, 9.17) is 23.2 Å². The van der Waals surface area contributed by atoms with Crippen molar-refractivity contribution in [1.29, 1.82) is 0 Å². The van der Waals surface area contributed by atoms with Crippen molar-refractivity contribution in [2.24, 2.45) is 5.92 Å². The van der Waals surface area contributed by atoms with Crippen molar-refractivity contribution in [2.75, 3.05) is 18.4 Å². The first-order chi connectivity index (χ1) is 13.4. The Morgan fingerprint density at radius 3 is 2.61 bits per heavy atom. The molecule has 1 heterocycles. The number of aromatic nitrogens is 1. The molecule has 1 aliphatic carbocycles. The molecule has 2 aromatic rings. The molecule has 3 rings (SSSR count). The largest absolute Gasteiger partial charge is 0.329 e. The summed E-state index contributed by atoms with van der Waals surface area (Å²) < 4.78 is 0. The average molecular weight is 440 g/mol. The summed E-state index contributed by atoms with van der Waals surface area (Å²) in [5, 5.41) is 5.92. The third-order valence-corrected chi connectivity index (χ3v) is 6.47. The minimum atomic E-state index is -0.251. The van der Waals surface area contributed by atoms with Crippen LogP contribution < -0.4 is 5.32 Å². The van der Waals surface area contributed by atoms with Crippen LogP contribution in [0, 0.1) is 12.8 Å². The van der Waals surface area contributed by atoms with Crippen molar-refractivity contribution in [3.8, 4) is 0 Å². The summed E-state index contributed by atoms with van der Waals surface area (Å²) in [5.74, 6) is -0.0523. The van der Waals surface area contributed by atoms with E-state index in [1.54, 1.807) is 23.1 Å². The smallest absolute Gasteiger partial charge is 0.254 e. The van der Waals surface area contributed by atoms with Gasteiger partial charge in [-0.3, -0.25) is 9.59 Å². The van der Waals surface area contributed by atoms with Gasteiger partial charge in [-0.2, -0.15) is 0 Å². The Balaban J connectivity index is 1.74. The van der Waals surface area contributed by atoms with Crippen LogP contribution in [0.4, 0.5) is 5.13 Å². The number of halogens is 2. The number of hydrogen-bond acceptors (Lipinski definition) is 4. The molecule has 150 valence electrons. The van der Waals surface area contributed by atoms with Crippen molar-refractivity contribution >= 4 is 51.5 Å². The minimum absolute atomic E-state index is 0.0196. The molecular weight excluding hydrogens is 417 g/mol. The van der Waals surface area contributed by atoms with Crippen LogP contribution in [-0.2, 0) is 4.79 Å². The van der Waals surface area contributed by atoms with Gasteiger partial charge in [0, 0.05) is 17.5 Å². The highest BCUT2D eigenvalue weighted by Gasteiger charge is 2.24. The lowest BCUT2D eigenvalue weighted by Crippen LogP contribution is -2.41. The molecule has 1 aromatic heterocycles. The summed E-state index contributed by atoms with van der Waals surface area (Å²) in [5.41, 5.74) is 1.29. The topological polar surface area (TPSA) is 62.3 Å². The molecule has 28 heavy (non-hydrogen) atoms. The van der Waals surface area contributed by atoms with Gasteiger partial charge in [-0.15, -0.1) is 11.3 Å². The Bertz CT molecular complexity index is 850. The van der Waals surface area contributed by atoms with Gasteiger partial charge in [0.15, 0.2) is 5.13 Å². The molecule has 1 aromatic carbocycles. The molecule has 1 N–H and O–H groups in total. The van der Waals surface area contributed by atoms with Gasteiger partial charge in [-0.25, -0.2) is 4.98 Å². The number of carbonyl (C=O) groups excluding carboxylic acids is 2. The summed E-state index contributed by atoms with van der Waals surface area (Å²) in [6.07, 6.45) is 5.74. The third kappa shape index (κ3) is 5.69. The lowest BCUT2D eigenvalue weighted by Gasteiger charge is -2.29. The van der Waals surface area contributed by atoms with E-state index in [1.165, 1.54) is 30.6 Å². The van der Waals surface area contributed by atoms with Gasteiger partial charge in [0.05, 0.1) is 15.7 Å². The molecule has 0 unspecified atom stereocenters. The van der Waals surface area contributed by atoms with Gasteiger partial charge in [-0.05, 0) is 43.9 Å². The zero-order valence-corrected chi connectivity index (χ0v) is 18.0. The van der Waals surface area contributed by atoms with E-state index in [-0.39, 0.29) is 18.4 Å². The summed E-state index contributed by atoms with van der Waals surface area (Å²) in [4.78, 5) is 31.5. The first kappa shape index (κ1) is 21.1. The second kappa shape index (κ2) is 9.72. The summed E-state index contributed by atoms with van der Waals surface area (Å²) in [7, 11) is 0. The first-order valence-electron chi connectivity index (χ1n) is 9.38. The molecule has 0 saturated heterocycles. The fraction of sp³-hybridized carbons (Fsp3) is 0.450. The van der Waals surface area contributed by atoms with Crippen molar-refractivity contribution < 1.29 is 9.59 Å². The summed E-state index contributed by atoms with van der Waals surface area (Å²) in [6, 6.07) is 4.81. The number of nitrogens with zero attached hydrogens (tertiary/aromatic N) is 2. The van der Waals surface area contributed by atoms with Crippen molar-refractivity contribution in [1.82, 2.24) is 9.88 Å². The van der Waals surface area contributed by atoms with Crippen LogP contribution in [-0.4, -0.2) is 34.8 Å². The number of hydrogen-bond donors (Lipinski definition) is 1. The highest BCUT2D eigenvalue weighted by Crippen LogP contribution is 2.27. The number of aryl methyl sites for hydroxylation is 1. The van der Waals surface area contributed by atoms with E-state index in [0.29, 0.717) is 33.2 Å². The SMILES string of the molecule is Cc1csc(NC(=O)CN(CC2CCCCC2)C(=O)c2ccc(Cl)c(Cl)c2)n1. The van der Waals surface area contributed by atoms with E-state index >= 15 is 0 Å².